The minimum absolute atomic E-state index is 0.00919. The van der Waals surface area contributed by atoms with Crippen LogP contribution in [0.15, 0.2) is 54.0 Å². The van der Waals surface area contributed by atoms with Crippen LogP contribution in [-0.2, 0) is 28.0 Å². The number of anilines is 3. The number of nitrogens with one attached hydrogen (secondary N) is 1. The van der Waals surface area contributed by atoms with E-state index >= 15 is 0 Å². The van der Waals surface area contributed by atoms with Gasteiger partial charge in [-0.25, -0.2) is 24.1 Å². The number of allylic oxidation sites excluding steroid dienone is 1. The SMILES string of the molecule is C=CCn1c(=O)c2cnc(Nc3ccc4c(c3)CN(C(=O)OC)CC43CC3)nc2n1-c1ccc2c(n1)N(CC)C(=O)CO2. The van der Waals surface area contributed by atoms with Gasteiger partial charge in [0.05, 0.1) is 13.7 Å². The van der Waals surface area contributed by atoms with Gasteiger partial charge in [0.1, 0.15) is 5.39 Å². The molecule has 0 atom stereocenters. The van der Waals surface area contributed by atoms with Gasteiger partial charge in [0.25, 0.3) is 11.5 Å². The highest BCUT2D eigenvalue weighted by atomic mass is 16.5. The normalized spacial score (nSPS) is 16.5. The van der Waals surface area contributed by atoms with E-state index < -0.39 is 0 Å². The van der Waals surface area contributed by atoms with Crippen molar-refractivity contribution in [3.63, 3.8) is 0 Å². The summed E-state index contributed by atoms with van der Waals surface area (Å²) in [6.45, 7) is 7.35. The maximum atomic E-state index is 13.4. The highest BCUT2D eigenvalue weighted by molar-refractivity contribution is 5.96. The van der Waals surface area contributed by atoms with Gasteiger partial charge in [0, 0.05) is 36.9 Å². The number of pyridine rings is 1. The third-order valence-electron chi connectivity index (χ3n) is 8.32. The van der Waals surface area contributed by atoms with E-state index in [4.69, 9.17) is 19.4 Å². The van der Waals surface area contributed by atoms with Crippen LogP contribution in [0.4, 0.5) is 22.2 Å². The maximum Gasteiger partial charge on any atom is 0.409 e. The van der Waals surface area contributed by atoms with Gasteiger partial charge in [0.2, 0.25) is 5.95 Å². The van der Waals surface area contributed by atoms with Crippen molar-refractivity contribution in [3.05, 3.63) is 70.7 Å². The van der Waals surface area contributed by atoms with E-state index in [1.807, 2.05) is 19.1 Å². The molecule has 0 bridgehead atoms. The zero-order valence-corrected chi connectivity index (χ0v) is 23.9. The molecule has 1 N–H and O–H groups in total. The lowest BCUT2D eigenvalue weighted by molar-refractivity contribution is -0.121. The van der Waals surface area contributed by atoms with E-state index in [2.05, 4.69) is 22.9 Å². The van der Waals surface area contributed by atoms with Crippen LogP contribution in [0.5, 0.6) is 5.75 Å². The first kappa shape index (κ1) is 26.7. The van der Waals surface area contributed by atoms with Crippen LogP contribution in [0.1, 0.15) is 30.9 Å². The molecule has 13 nitrogen and oxygen atoms in total. The Morgan fingerprint density at radius 2 is 2.05 bits per heavy atom. The standard InChI is InChI=1S/C30H30N8O5/c1-4-12-37-27(40)20-14-31-28(32-19-6-7-21-18(13-19)15-35(29(41)42-3)17-30(21)10-11-30)34-25(20)38(37)23-9-8-22-26(33-23)36(5-2)24(39)16-43-22/h4,6-9,13-14H,1,5,10-12,15-17H2,2-3H3,(H,31,32,34). The van der Waals surface area contributed by atoms with Crippen LogP contribution in [0.25, 0.3) is 16.9 Å². The molecule has 1 saturated carbocycles. The Hall–Kier alpha value is -5.20. The van der Waals surface area contributed by atoms with Gasteiger partial charge < -0.3 is 19.7 Å². The molecule has 1 aliphatic carbocycles. The Morgan fingerprint density at radius 1 is 1.21 bits per heavy atom. The third-order valence-corrected chi connectivity index (χ3v) is 8.32. The molecule has 3 aromatic heterocycles. The molecule has 2 aliphatic heterocycles. The van der Waals surface area contributed by atoms with Gasteiger partial charge in [-0.1, -0.05) is 12.1 Å². The fraction of sp³-hybridized carbons (Fsp3) is 0.333. The quantitative estimate of drug-likeness (QED) is 0.340. The Bertz CT molecular complexity index is 1870. The second kappa shape index (κ2) is 9.96. The summed E-state index contributed by atoms with van der Waals surface area (Å²) in [6.07, 6.45) is 4.84. The zero-order valence-electron chi connectivity index (χ0n) is 23.9. The number of fused-ring (bicyclic) bond motifs is 4. The number of likely N-dealkylation sites (N-methyl/N-ethyl adjacent to an activating group) is 1. The number of ether oxygens (including phenoxy) is 2. The number of benzene rings is 1. The molecule has 1 aromatic carbocycles. The summed E-state index contributed by atoms with van der Waals surface area (Å²) >= 11 is 0. The largest absolute Gasteiger partial charge is 0.480 e. The van der Waals surface area contributed by atoms with Crippen LogP contribution in [0, 0.1) is 0 Å². The molecule has 0 unspecified atom stereocenters. The van der Waals surface area contributed by atoms with Crippen LogP contribution < -0.4 is 20.5 Å². The number of aromatic nitrogens is 5. The van der Waals surface area contributed by atoms with Crippen LogP contribution in [0.3, 0.4) is 0 Å². The molecular formula is C30H30N8O5. The van der Waals surface area contributed by atoms with Crippen molar-refractivity contribution in [2.24, 2.45) is 0 Å². The van der Waals surface area contributed by atoms with Gasteiger partial charge in [-0.2, -0.15) is 4.98 Å². The second-order valence-electron chi connectivity index (χ2n) is 10.9. The van der Waals surface area contributed by atoms with Crippen molar-refractivity contribution in [2.45, 2.75) is 38.3 Å². The first-order valence-corrected chi connectivity index (χ1v) is 14.1. The van der Waals surface area contributed by atoms with E-state index in [9.17, 15) is 14.4 Å². The Labute approximate surface area is 246 Å². The Balaban J connectivity index is 1.28. The van der Waals surface area contributed by atoms with Gasteiger partial charge in [-0.3, -0.25) is 14.5 Å². The molecule has 13 heteroatoms. The maximum absolute atomic E-state index is 13.4. The Morgan fingerprint density at radius 3 is 2.79 bits per heavy atom. The van der Waals surface area contributed by atoms with E-state index in [1.54, 1.807) is 32.7 Å². The molecule has 0 radical (unpaired) electrons. The van der Waals surface area contributed by atoms with Crippen molar-refractivity contribution >= 4 is 40.5 Å². The fourth-order valence-electron chi connectivity index (χ4n) is 6.12. The molecule has 5 heterocycles. The van der Waals surface area contributed by atoms with Crippen LogP contribution >= 0.6 is 0 Å². The second-order valence-corrected chi connectivity index (χ2v) is 10.9. The minimum atomic E-state index is -0.333. The molecule has 2 amide bonds. The first-order valence-electron chi connectivity index (χ1n) is 14.1. The number of carbonyl (C=O) groups excluding carboxylic acids is 2. The summed E-state index contributed by atoms with van der Waals surface area (Å²) in [4.78, 5) is 55.4. The lowest BCUT2D eigenvalue weighted by Crippen LogP contribution is -2.41. The van der Waals surface area contributed by atoms with Crippen LogP contribution in [0.2, 0.25) is 0 Å². The zero-order chi connectivity index (χ0) is 29.9. The number of carbonyl (C=O) groups is 2. The first-order chi connectivity index (χ1) is 20.9. The monoisotopic (exact) mass is 582 g/mol. The lowest BCUT2D eigenvalue weighted by Gasteiger charge is -2.34. The summed E-state index contributed by atoms with van der Waals surface area (Å²) < 4.78 is 13.7. The van der Waals surface area contributed by atoms with Crippen molar-refractivity contribution in [2.75, 3.05) is 37.0 Å². The molecule has 1 fully saturated rings. The topological polar surface area (TPSA) is 137 Å². The highest BCUT2D eigenvalue weighted by Gasteiger charge is 2.50. The van der Waals surface area contributed by atoms with Gasteiger partial charge >= 0.3 is 6.09 Å². The minimum Gasteiger partial charge on any atom is -0.480 e. The van der Waals surface area contributed by atoms with Crippen LogP contribution in [-0.4, -0.2) is 68.0 Å². The Kier molecular flexibility index (Phi) is 6.18. The summed E-state index contributed by atoms with van der Waals surface area (Å²) in [5.41, 5.74) is 3.09. The van der Waals surface area contributed by atoms with Crippen molar-refractivity contribution in [1.29, 1.82) is 0 Å². The summed E-state index contributed by atoms with van der Waals surface area (Å²) in [7, 11) is 1.40. The molecule has 3 aliphatic rings. The van der Waals surface area contributed by atoms with E-state index in [-0.39, 0.29) is 42.1 Å². The molecule has 0 saturated heterocycles. The molecule has 220 valence electrons. The van der Waals surface area contributed by atoms with Gasteiger partial charge in [-0.05, 0) is 55.2 Å². The molecule has 43 heavy (non-hydrogen) atoms. The van der Waals surface area contributed by atoms with Gasteiger partial charge in [-0.15, -0.1) is 6.58 Å². The number of hydrogen-bond acceptors (Lipinski definition) is 9. The van der Waals surface area contributed by atoms with Crippen molar-refractivity contribution < 1.29 is 19.1 Å². The third kappa shape index (κ3) is 4.30. The molecular weight excluding hydrogens is 552 g/mol. The fourth-order valence-corrected chi connectivity index (χ4v) is 6.12. The smallest absolute Gasteiger partial charge is 0.409 e. The van der Waals surface area contributed by atoms with E-state index in [1.165, 1.54) is 23.6 Å². The molecule has 7 rings (SSSR count). The summed E-state index contributed by atoms with van der Waals surface area (Å²) in [6, 6.07) is 9.56. The van der Waals surface area contributed by atoms with Gasteiger partial charge in [0.15, 0.2) is 29.6 Å². The van der Waals surface area contributed by atoms with Crippen molar-refractivity contribution in [1.82, 2.24) is 29.2 Å². The number of amides is 2. The van der Waals surface area contributed by atoms with E-state index in [0.717, 1.165) is 24.1 Å². The lowest BCUT2D eigenvalue weighted by atomic mass is 9.87. The average molecular weight is 583 g/mol. The average Bonchev–Trinajstić information content (AvgIpc) is 3.73. The summed E-state index contributed by atoms with van der Waals surface area (Å²) in [5.74, 6) is 1.35. The molecule has 4 aromatic rings. The highest BCUT2D eigenvalue weighted by Crippen LogP contribution is 2.52. The van der Waals surface area contributed by atoms with E-state index in [0.29, 0.717) is 48.1 Å². The predicted molar refractivity (Wildman–Crippen MR) is 158 cm³/mol. The summed E-state index contributed by atoms with van der Waals surface area (Å²) in [5, 5.41) is 3.58. The number of methoxy groups -OCH3 is 1. The van der Waals surface area contributed by atoms with Crippen molar-refractivity contribution in [3.8, 4) is 11.6 Å². The number of hydrogen-bond donors (Lipinski definition) is 1. The molecule has 1 spiro atoms. The predicted octanol–water partition coefficient (Wildman–Crippen LogP) is 3.27. The number of nitrogens with zero attached hydrogens (tertiary/aromatic N) is 7. The number of rotatable bonds is 6.